The Kier molecular flexibility index (Phi) is 14.5. The van der Waals surface area contributed by atoms with Gasteiger partial charge in [-0.05, 0) is 67.2 Å². The summed E-state index contributed by atoms with van der Waals surface area (Å²) in [6.07, 6.45) is 9.68. The van der Waals surface area contributed by atoms with Gasteiger partial charge >= 0.3 is 0 Å². The van der Waals surface area contributed by atoms with Crippen LogP contribution in [0.15, 0.2) is 83.2 Å². The number of aliphatic hydroxyl groups is 1. The summed E-state index contributed by atoms with van der Waals surface area (Å²) in [7, 11) is 0. The van der Waals surface area contributed by atoms with Crippen LogP contribution in [0.1, 0.15) is 99.1 Å². The number of fused-ring (bicyclic) bond motifs is 2. The first-order chi connectivity index (χ1) is 22.9. The van der Waals surface area contributed by atoms with Crippen LogP contribution in [0.4, 0.5) is 0 Å². The van der Waals surface area contributed by atoms with Crippen LogP contribution in [0.5, 0.6) is 0 Å². The van der Waals surface area contributed by atoms with Crippen molar-refractivity contribution in [2.24, 2.45) is 17.8 Å². The first-order valence-corrected chi connectivity index (χ1v) is 17.6. The quantitative estimate of drug-likeness (QED) is 0.0815. The molecule has 3 aromatic heterocycles. The average molecular weight is 838 g/mol. The number of rotatable bonds is 11. The number of ketones is 1. The van der Waals surface area contributed by atoms with Gasteiger partial charge in [0, 0.05) is 67.1 Å². The summed E-state index contributed by atoms with van der Waals surface area (Å²) in [5.74, 6) is 1.94. The van der Waals surface area contributed by atoms with Crippen LogP contribution >= 0.6 is 0 Å². The van der Waals surface area contributed by atoms with Crippen molar-refractivity contribution >= 4 is 27.7 Å². The molecule has 3 heterocycles. The van der Waals surface area contributed by atoms with Gasteiger partial charge in [-0.25, -0.2) is 4.98 Å². The van der Waals surface area contributed by atoms with Crippen molar-refractivity contribution in [1.29, 1.82) is 0 Å². The van der Waals surface area contributed by atoms with Gasteiger partial charge in [0.1, 0.15) is 5.76 Å². The van der Waals surface area contributed by atoms with Crippen molar-refractivity contribution in [2.45, 2.75) is 99.8 Å². The molecule has 5 aromatic rings. The largest absolute Gasteiger partial charge is 0.512 e. The van der Waals surface area contributed by atoms with Gasteiger partial charge in [0.2, 0.25) is 5.71 Å². The van der Waals surface area contributed by atoms with Gasteiger partial charge in [-0.2, -0.15) is 0 Å². The minimum absolute atomic E-state index is 0. The molecule has 5 nitrogen and oxygen atoms in total. The summed E-state index contributed by atoms with van der Waals surface area (Å²) in [5, 5.41) is 13.1. The Balaban J connectivity index is 0.000000347. The molecule has 0 aliphatic heterocycles. The molecule has 0 spiro atoms. The van der Waals surface area contributed by atoms with Crippen LogP contribution in [-0.4, -0.2) is 20.9 Å². The number of hydrogen-bond donors (Lipinski definition) is 1. The number of carbonyl (C=O) groups is 1. The van der Waals surface area contributed by atoms with E-state index in [-0.39, 0.29) is 48.9 Å². The van der Waals surface area contributed by atoms with Crippen molar-refractivity contribution in [3.63, 3.8) is 0 Å². The Morgan fingerprint density at radius 3 is 2.22 bits per heavy atom. The van der Waals surface area contributed by atoms with Gasteiger partial charge < -0.3 is 9.52 Å². The smallest absolute Gasteiger partial charge is 0.226 e. The van der Waals surface area contributed by atoms with Crippen LogP contribution in [-0.2, 0) is 36.7 Å². The molecule has 1 N–H and O–H groups in total. The van der Waals surface area contributed by atoms with Crippen molar-refractivity contribution in [3.8, 4) is 22.6 Å². The Labute approximate surface area is 307 Å². The maximum atomic E-state index is 11.7. The van der Waals surface area contributed by atoms with Crippen LogP contribution in [0.2, 0.25) is 0 Å². The molecule has 2 aromatic carbocycles. The van der Waals surface area contributed by atoms with E-state index in [0.717, 1.165) is 65.5 Å². The number of aliphatic hydroxyl groups excluding tert-OH is 1. The van der Waals surface area contributed by atoms with Gasteiger partial charge in [0.05, 0.1) is 5.76 Å². The Morgan fingerprint density at radius 2 is 1.59 bits per heavy atom. The maximum Gasteiger partial charge on any atom is 0.226 e. The van der Waals surface area contributed by atoms with E-state index in [1.54, 1.807) is 0 Å². The molecule has 0 amide bonds. The van der Waals surface area contributed by atoms with E-state index in [1.165, 1.54) is 22.6 Å². The molecule has 263 valence electrons. The van der Waals surface area contributed by atoms with Crippen molar-refractivity contribution in [1.82, 2.24) is 9.97 Å². The van der Waals surface area contributed by atoms with Gasteiger partial charge in [-0.3, -0.25) is 9.78 Å². The molecule has 5 rings (SSSR count). The van der Waals surface area contributed by atoms with E-state index in [9.17, 15) is 9.90 Å². The molecule has 0 aliphatic rings. The second kappa shape index (κ2) is 17.9. The molecular formula is C43H53IrN2O3-. The van der Waals surface area contributed by atoms with Gasteiger partial charge in [-0.15, -0.1) is 29.1 Å². The van der Waals surface area contributed by atoms with Crippen LogP contribution in [0, 0.1) is 23.8 Å². The first-order valence-electron chi connectivity index (χ1n) is 17.6. The second-order valence-corrected chi connectivity index (χ2v) is 14.3. The molecular weight excluding hydrogens is 785 g/mol. The third kappa shape index (κ3) is 10.2. The molecule has 6 heteroatoms. The van der Waals surface area contributed by atoms with Crippen molar-refractivity contribution in [2.75, 3.05) is 0 Å². The third-order valence-corrected chi connectivity index (χ3v) is 9.06. The fraction of sp³-hybridized carbons (Fsp3) is 0.419. The van der Waals surface area contributed by atoms with Crippen LogP contribution in [0.25, 0.3) is 44.5 Å². The minimum Gasteiger partial charge on any atom is -0.512 e. The van der Waals surface area contributed by atoms with Crippen LogP contribution in [0.3, 0.4) is 0 Å². The predicted molar refractivity (Wildman–Crippen MR) is 200 cm³/mol. The molecule has 0 bridgehead atoms. The fourth-order valence-corrected chi connectivity index (χ4v) is 6.20. The zero-order valence-corrected chi connectivity index (χ0v) is 33.1. The molecule has 0 aliphatic carbocycles. The Bertz CT molecular complexity index is 1860. The molecule has 0 saturated heterocycles. The molecule has 0 atom stereocenters. The maximum absolute atomic E-state index is 11.7. The average Bonchev–Trinajstić information content (AvgIpc) is 3.49. The minimum atomic E-state index is 0. The standard InChI is InChI=1S/C30H29N2O.C13H24O2.Ir/c1-19(2)12-20-13-24-17-28(33-29(24)32-18-20)22-10-11-31-27(16-22)23-14-21-8-6-7-9-25(21)26(15-23)30(3,4)5;1-5-10(6-2)12(14)9-13(15)11(7-3)8-4;/h6-11,13,15-19H,12H2,1-5H3;9-11,14H,5-8H2,1-4H3;/q-1;;/b;12-9-;. The number of benzene rings is 2. The van der Waals surface area contributed by atoms with Crippen molar-refractivity contribution in [3.05, 3.63) is 96.0 Å². The SMILES string of the molecule is CC(C)Cc1cnc2oc(-c3ccnc(-c4[c-]c5ccccc5c(C(C)(C)C)c4)c3)cc2c1.CCC(CC)C(=O)/C=C(\O)C(CC)CC.[Ir]. The van der Waals surface area contributed by atoms with E-state index in [2.05, 4.69) is 99.2 Å². The van der Waals surface area contributed by atoms with E-state index >= 15 is 0 Å². The summed E-state index contributed by atoms with van der Waals surface area (Å²) in [5.41, 5.74) is 6.08. The normalized spacial score (nSPS) is 12.0. The van der Waals surface area contributed by atoms with Gasteiger partial charge in [-0.1, -0.05) is 97.5 Å². The summed E-state index contributed by atoms with van der Waals surface area (Å²) < 4.78 is 6.10. The number of carbonyl (C=O) groups excluding carboxylic acids is 1. The number of hydrogen-bond acceptors (Lipinski definition) is 5. The van der Waals surface area contributed by atoms with Gasteiger partial charge in [0.15, 0.2) is 5.78 Å². The molecule has 0 unspecified atom stereocenters. The Hall–Kier alpha value is -3.60. The number of nitrogens with zero attached hydrogens (tertiary/aromatic N) is 2. The molecule has 0 saturated carbocycles. The summed E-state index contributed by atoms with van der Waals surface area (Å²) >= 11 is 0. The molecule has 0 fully saturated rings. The number of furan rings is 1. The summed E-state index contributed by atoms with van der Waals surface area (Å²) in [6.45, 7) is 19.3. The summed E-state index contributed by atoms with van der Waals surface area (Å²) in [6, 6.07) is 22.6. The first kappa shape index (κ1) is 39.8. The zero-order valence-electron chi connectivity index (χ0n) is 30.7. The Morgan fingerprint density at radius 1 is 0.918 bits per heavy atom. The third-order valence-electron chi connectivity index (χ3n) is 9.06. The fourth-order valence-electron chi connectivity index (χ4n) is 6.20. The number of aromatic nitrogens is 2. The van der Waals surface area contributed by atoms with E-state index in [0.29, 0.717) is 11.6 Å². The predicted octanol–water partition coefficient (Wildman–Crippen LogP) is 11.9. The van der Waals surface area contributed by atoms with Gasteiger partial charge in [0.25, 0.3) is 0 Å². The number of pyridine rings is 2. The van der Waals surface area contributed by atoms with E-state index < -0.39 is 0 Å². The monoisotopic (exact) mass is 838 g/mol. The molecule has 1 radical (unpaired) electrons. The van der Waals surface area contributed by atoms with Crippen molar-refractivity contribution < 1.29 is 34.4 Å². The topological polar surface area (TPSA) is 76.2 Å². The van der Waals surface area contributed by atoms with Crippen LogP contribution < -0.4 is 0 Å². The second-order valence-electron chi connectivity index (χ2n) is 14.3. The van der Waals surface area contributed by atoms with E-state index in [1.807, 2.05) is 46.2 Å². The number of allylic oxidation sites excluding steroid dienone is 2. The zero-order chi connectivity index (χ0) is 35.0. The van der Waals surface area contributed by atoms with E-state index in [4.69, 9.17) is 4.42 Å². The summed E-state index contributed by atoms with van der Waals surface area (Å²) in [4.78, 5) is 20.9. The molecule has 49 heavy (non-hydrogen) atoms.